The maximum atomic E-state index is 13.1. The predicted octanol–water partition coefficient (Wildman–Crippen LogP) is 2.49. The standard InChI is InChI=1S/C20H24N4O/c25-19-20(8-12-24(19)14-17-5-3-9-21-13-17)7-4-11-23(16-20)15-18-6-1-2-10-22-18/h1-3,5-6,9-10,13H,4,7-8,11-12,14-16H2/t20-/m0/s1. The van der Waals surface area contributed by atoms with Gasteiger partial charge < -0.3 is 4.90 Å². The van der Waals surface area contributed by atoms with Crippen LogP contribution in [0.15, 0.2) is 48.9 Å². The van der Waals surface area contributed by atoms with E-state index in [0.29, 0.717) is 12.5 Å². The van der Waals surface area contributed by atoms with Gasteiger partial charge in [-0.15, -0.1) is 0 Å². The fraction of sp³-hybridized carbons (Fsp3) is 0.450. The first-order valence-corrected chi connectivity index (χ1v) is 9.06. The summed E-state index contributed by atoms with van der Waals surface area (Å²) in [5, 5.41) is 0. The monoisotopic (exact) mass is 336 g/mol. The second-order valence-corrected chi connectivity index (χ2v) is 7.25. The smallest absolute Gasteiger partial charge is 0.230 e. The summed E-state index contributed by atoms with van der Waals surface area (Å²) in [6.45, 7) is 4.26. The topological polar surface area (TPSA) is 49.3 Å². The molecule has 4 rings (SSSR count). The van der Waals surface area contributed by atoms with Crippen LogP contribution in [0.3, 0.4) is 0 Å². The molecule has 5 heteroatoms. The lowest BCUT2D eigenvalue weighted by atomic mass is 9.78. The van der Waals surface area contributed by atoms with E-state index in [1.165, 1.54) is 0 Å². The number of piperidine rings is 1. The van der Waals surface area contributed by atoms with Crippen molar-refractivity contribution in [3.8, 4) is 0 Å². The molecule has 2 aromatic rings. The van der Waals surface area contributed by atoms with E-state index in [-0.39, 0.29) is 5.41 Å². The van der Waals surface area contributed by atoms with Crippen LogP contribution in [0.1, 0.15) is 30.5 Å². The van der Waals surface area contributed by atoms with Gasteiger partial charge in [-0.1, -0.05) is 12.1 Å². The number of hydrogen-bond acceptors (Lipinski definition) is 4. The van der Waals surface area contributed by atoms with Crippen molar-refractivity contribution in [1.29, 1.82) is 0 Å². The number of hydrogen-bond donors (Lipinski definition) is 0. The van der Waals surface area contributed by atoms with Crippen molar-refractivity contribution in [2.24, 2.45) is 5.41 Å². The van der Waals surface area contributed by atoms with Gasteiger partial charge in [0.25, 0.3) is 0 Å². The Morgan fingerprint density at radius 3 is 2.80 bits per heavy atom. The highest BCUT2D eigenvalue weighted by Crippen LogP contribution is 2.40. The summed E-state index contributed by atoms with van der Waals surface area (Å²) in [6, 6.07) is 10.0. The molecule has 0 aliphatic carbocycles. The third-order valence-electron chi connectivity index (χ3n) is 5.47. The van der Waals surface area contributed by atoms with Crippen molar-refractivity contribution < 1.29 is 4.79 Å². The molecule has 2 saturated heterocycles. The van der Waals surface area contributed by atoms with Gasteiger partial charge in [-0.05, 0) is 49.6 Å². The number of carbonyl (C=O) groups excluding carboxylic acids is 1. The Labute approximate surface area is 148 Å². The highest BCUT2D eigenvalue weighted by Gasteiger charge is 2.48. The number of carbonyl (C=O) groups is 1. The van der Waals surface area contributed by atoms with Crippen LogP contribution in [0, 0.1) is 5.41 Å². The molecule has 1 amide bonds. The lowest BCUT2D eigenvalue weighted by Crippen LogP contribution is -2.47. The van der Waals surface area contributed by atoms with Crippen LogP contribution in [0.2, 0.25) is 0 Å². The highest BCUT2D eigenvalue weighted by atomic mass is 16.2. The predicted molar refractivity (Wildman–Crippen MR) is 95.5 cm³/mol. The maximum Gasteiger partial charge on any atom is 0.230 e. The molecule has 1 spiro atoms. The summed E-state index contributed by atoms with van der Waals surface area (Å²) in [6.07, 6.45) is 8.52. The Hall–Kier alpha value is -2.27. The van der Waals surface area contributed by atoms with E-state index in [4.69, 9.17) is 0 Å². The van der Waals surface area contributed by atoms with Crippen molar-refractivity contribution in [1.82, 2.24) is 19.8 Å². The molecule has 2 aliphatic heterocycles. The first-order valence-electron chi connectivity index (χ1n) is 9.06. The number of nitrogens with zero attached hydrogens (tertiary/aromatic N) is 4. The van der Waals surface area contributed by atoms with Crippen molar-refractivity contribution in [2.75, 3.05) is 19.6 Å². The summed E-state index contributed by atoms with van der Waals surface area (Å²) in [5.74, 6) is 0.321. The van der Waals surface area contributed by atoms with Crippen LogP contribution < -0.4 is 0 Å². The normalized spacial score (nSPS) is 24.2. The summed E-state index contributed by atoms with van der Waals surface area (Å²) in [7, 11) is 0. The second-order valence-electron chi connectivity index (χ2n) is 7.25. The third-order valence-corrected chi connectivity index (χ3v) is 5.47. The molecule has 2 aromatic heterocycles. The van der Waals surface area contributed by atoms with Gasteiger partial charge in [0.1, 0.15) is 0 Å². The van der Waals surface area contributed by atoms with E-state index in [2.05, 4.69) is 20.9 Å². The average Bonchev–Trinajstić information content (AvgIpc) is 2.93. The summed E-state index contributed by atoms with van der Waals surface area (Å²) < 4.78 is 0. The fourth-order valence-electron chi connectivity index (χ4n) is 4.22. The van der Waals surface area contributed by atoms with Gasteiger partial charge in [0.05, 0.1) is 11.1 Å². The molecule has 1 atom stereocenters. The molecule has 0 radical (unpaired) electrons. The van der Waals surface area contributed by atoms with Crippen LogP contribution >= 0.6 is 0 Å². The molecule has 2 aliphatic rings. The second kappa shape index (κ2) is 6.92. The molecule has 5 nitrogen and oxygen atoms in total. The first-order chi connectivity index (χ1) is 12.3. The Bertz CT molecular complexity index is 721. The molecule has 0 bridgehead atoms. The minimum Gasteiger partial charge on any atom is -0.338 e. The van der Waals surface area contributed by atoms with E-state index in [1.54, 1.807) is 6.20 Å². The molecule has 0 unspecified atom stereocenters. The minimum atomic E-state index is -0.199. The van der Waals surface area contributed by atoms with Crippen LogP contribution in [-0.4, -0.2) is 45.3 Å². The highest BCUT2D eigenvalue weighted by molar-refractivity contribution is 5.85. The average molecular weight is 336 g/mol. The Morgan fingerprint density at radius 1 is 1.04 bits per heavy atom. The minimum absolute atomic E-state index is 0.199. The van der Waals surface area contributed by atoms with Crippen LogP contribution in [0.5, 0.6) is 0 Å². The van der Waals surface area contributed by atoms with E-state index in [9.17, 15) is 4.79 Å². The lowest BCUT2D eigenvalue weighted by Gasteiger charge is -2.39. The van der Waals surface area contributed by atoms with Gasteiger partial charge in [-0.25, -0.2) is 0 Å². The van der Waals surface area contributed by atoms with Gasteiger partial charge in [0, 0.05) is 44.8 Å². The number of amides is 1. The van der Waals surface area contributed by atoms with Crippen molar-refractivity contribution in [3.63, 3.8) is 0 Å². The fourth-order valence-corrected chi connectivity index (χ4v) is 4.22. The number of aromatic nitrogens is 2. The van der Waals surface area contributed by atoms with Gasteiger partial charge >= 0.3 is 0 Å². The number of rotatable bonds is 4. The summed E-state index contributed by atoms with van der Waals surface area (Å²) in [4.78, 5) is 26.2. The zero-order valence-electron chi connectivity index (χ0n) is 14.5. The van der Waals surface area contributed by atoms with Crippen molar-refractivity contribution >= 4 is 5.91 Å². The number of pyridine rings is 2. The van der Waals surface area contributed by atoms with Crippen LogP contribution in [0.4, 0.5) is 0 Å². The molecule has 4 heterocycles. The summed E-state index contributed by atoms with van der Waals surface area (Å²) in [5.41, 5.74) is 1.99. The molecule has 130 valence electrons. The van der Waals surface area contributed by atoms with Crippen LogP contribution in [0.25, 0.3) is 0 Å². The Kier molecular flexibility index (Phi) is 4.49. The van der Waals surface area contributed by atoms with E-state index >= 15 is 0 Å². The molecule has 0 saturated carbocycles. The molecular weight excluding hydrogens is 312 g/mol. The summed E-state index contributed by atoms with van der Waals surface area (Å²) >= 11 is 0. The number of likely N-dealkylation sites (tertiary alicyclic amines) is 2. The molecule has 25 heavy (non-hydrogen) atoms. The zero-order chi connectivity index (χ0) is 17.1. The van der Waals surface area contributed by atoms with E-state index < -0.39 is 0 Å². The first kappa shape index (κ1) is 16.2. The van der Waals surface area contributed by atoms with E-state index in [1.807, 2.05) is 41.6 Å². The lowest BCUT2D eigenvalue weighted by molar-refractivity contribution is -0.139. The molecular formula is C20H24N4O. The van der Waals surface area contributed by atoms with Gasteiger partial charge in [-0.2, -0.15) is 0 Å². The maximum absolute atomic E-state index is 13.1. The van der Waals surface area contributed by atoms with Crippen LogP contribution in [-0.2, 0) is 17.9 Å². The zero-order valence-corrected chi connectivity index (χ0v) is 14.5. The van der Waals surface area contributed by atoms with Gasteiger partial charge in [0.2, 0.25) is 5.91 Å². The Balaban J connectivity index is 1.43. The molecule has 2 fully saturated rings. The van der Waals surface area contributed by atoms with Gasteiger partial charge in [0.15, 0.2) is 0 Å². The third kappa shape index (κ3) is 3.42. The van der Waals surface area contributed by atoms with Gasteiger partial charge in [-0.3, -0.25) is 19.7 Å². The SMILES string of the molecule is O=C1N(Cc2cccnc2)CC[C@]12CCCN(Cc1ccccn1)C2. The quantitative estimate of drug-likeness (QED) is 0.861. The van der Waals surface area contributed by atoms with Crippen molar-refractivity contribution in [2.45, 2.75) is 32.4 Å². The molecule has 0 N–H and O–H groups in total. The Morgan fingerprint density at radius 2 is 2.00 bits per heavy atom. The molecule has 0 aromatic carbocycles. The largest absolute Gasteiger partial charge is 0.338 e. The van der Waals surface area contributed by atoms with Crippen molar-refractivity contribution in [3.05, 3.63) is 60.2 Å². The van der Waals surface area contributed by atoms with E-state index in [0.717, 1.165) is 56.7 Å².